The Hall–Kier alpha value is -4.38. The van der Waals surface area contributed by atoms with Crippen LogP contribution in [0.15, 0.2) is 60.4 Å². The van der Waals surface area contributed by atoms with Crippen molar-refractivity contribution >= 4 is 27.5 Å². The van der Waals surface area contributed by atoms with Crippen LogP contribution in [0.2, 0.25) is 0 Å². The molecule has 2 aromatic carbocycles. The van der Waals surface area contributed by atoms with Crippen LogP contribution in [0, 0.1) is 18.6 Å². The van der Waals surface area contributed by atoms with E-state index in [1.165, 1.54) is 41.3 Å². The third-order valence-corrected chi connectivity index (χ3v) is 6.92. The standard InChI is InChI=1S/C27H22F2N4O4S/c1-15-7-20(12-31-27(15)37-24-6-4-3-5-22(24)28)33-26(30)21(13-32-33)25(34)18-8-16-10-19(14-38(2,35)36)23(29)11-17(16)9-18/h3-7,9-13H,8,14,30H2,1-2H3. The zero-order valence-electron chi connectivity index (χ0n) is 20.4. The van der Waals surface area contributed by atoms with Crippen LogP contribution in [-0.2, 0) is 22.0 Å². The topological polar surface area (TPSA) is 117 Å². The number of benzene rings is 2. The normalized spacial score (nSPS) is 12.8. The van der Waals surface area contributed by atoms with Crippen molar-refractivity contribution in [1.29, 1.82) is 0 Å². The molecule has 11 heteroatoms. The molecule has 194 valence electrons. The zero-order chi connectivity index (χ0) is 27.2. The smallest absolute Gasteiger partial charge is 0.222 e. The van der Waals surface area contributed by atoms with E-state index < -0.39 is 27.2 Å². The molecule has 2 N–H and O–H groups in total. The van der Waals surface area contributed by atoms with Crippen LogP contribution in [0.1, 0.15) is 32.6 Å². The number of Topliss-reactive ketones (excluding diaryl/α,β-unsaturated/α-hetero) is 1. The van der Waals surface area contributed by atoms with Crippen molar-refractivity contribution in [2.24, 2.45) is 0 Å². The van der Waals surface area contributed by atoms with E-state index in [-0.39, 0.29) is 40.8 Å². The molecule has 2 heterocycles. The number of nitrogens with zero attached hydrogens (tertiary/aromatic N) is 3. The first-order valence-electron chi connectivity index (χ1n) is 11.5. The Morgan fingerprint density at radius 2 is 1.89 bits per heavy atom. The molecule has 0 atom stereocenters. The first kappa shape index (κ1) is 25.3. The Balaban J connectivity index is 1.37. The number of hydrogen-bond acceptors (Lipinski definition) is 7. The second kappa shape index (κ2) is 9.49. The van der Waals surface area contributed by atoms with Gasteiger partial charge in [0.05, 0.1) is 29.4 Å². The number of rotatable bonds is 7. The highest BCUT2D eigenvalue weighted by Crippen LogP contribution is 2.32. The van der Waals surface area contributed by atoms with E-state index in [0.717, 1.165) is 6.26 Å². The van der Waals surface area contributed by atoms with E-state index in [1.54, 1.807) is 31.2 Å². The summed E-state index contributed by atoms with van der Waals surface area (Å²) in [5, 5.41) is 4.24. The van der Waals surface area contributed by atoms with Gasteiger partial charge in [-0.05, 0) is 48.4 Å². The maximum absolute atomic E-state index is 14.4. The van der Waals surface area contributed by atoms with E-state index in [2.05, 4.69) is 10.1 Å². The number of anilines is 1. The predicted molar refractivity (Wildman–Crippen MR) is 138 cm³/mol. The van der Waals surface area contributed by atoms with Crippen LogP contribution < -0.4 is 10.5 Å². The molecule has 0 radical (unpaired) electrons. The van der Waals surface area contributed by atoms with Gasteiger partial charge in [-0.3, -0.25) is 4.79 Å². The lowest BCUT2D eigenvalue weighted by molar-refractivity contribution is 0.103. The van der Waals surface area contributed by atoms with Gasteiger partial charge in [-0.1, -0.05) is 18.2 Å². The van der Waals surface area contributed by atoms with Gasteiger partial charge in [0, 0.05) is 29.4 Å². The molecule has 0 fully saturated rings. The van der Waals surface area contributed by atoms with Crippen LogP contribution >= 0.6 is 0 Å². The number of para-hydroxylation sites is 1. The molecule has 5 rings (SSSR count). The van der Waals surface area contributed by atoms with Crippen LogP contribution in [0.25, 0.3) is 11.8 Å². The minimum absolute atomic E-state index is 0.0384. The van der Waals surface area contributed by atoms with Gasteiger partial charge in [0.2, 0.25) is 5.88 Å². The quantitative estimate of drug-likeness (QED) is 0.343. The number of carbonyl (C=O) groups excluding carboxylic acids is 1. The summed E-state index contributed by atoms with van der Waals surface area (Å²) in [5.41, 5.74) is 9.10. The van der Waals surface area contributed by atoms with Gasteiger partial charge in [-0.2, -0.15) is 5.10 Å². The fourth-order valence-electron chi connectivity index (χ4n) is 4.27. The number of halogens is 2. The third-order valence-electron chi connectivity index (χ3n) is 6.08. The highest BCUT2D eigenvalue weighted by Gasteiger charge is 2.26. The highest BCUT2D eigenvalue weighted by atomic mass is 32.2. The summed E-state index contributed by atoms with van der Waals surface area (Å²) in [7, 11) is -3.42. The van der Waals surface area contributed by atoms with E-state index in [4.69, 9.17) is 10.5 Å². The van der Waals surface area contributed by atoms with Gasteiger partial charge in [-0.15, -0.1) is 0 Å². The summed E-state index contributed by atoms with van der Waals surface area (Å²) >= 11 is 0. The predicted octanol–water partition coefficient (Wildman–Crippen LogP) is 4.60. The van der Waals surface area contributed by atoms with Gasteiger partial charge in [0.25, 0.3) is 0 Å². The molecule has 0 aliphatic heterocycles. The summed E-state index contributed by atoms with van der Waals surface area (Å²) < 4.78 is 58.5. The molecule has 2 aromatic heterocycles. The minimum atomic E-state index is -3.42. The minimum Gasteiger partial charge on any atom is -0.436 e. The molecule has 0 amide bonds. The lowest BCUT2D eigenvalue weighted by Crippen LogP contribution is -2.09. The van der Waals surface area contributed by atoms with Crippen LogP contribution in [0.5, 0.6) is 11.6 Å². The lowest BCUT2D eigenvalue weighted by atomic mass is 10.0. The summed E-state index contributed by atoms with van der Waals surface area (Å²) in [6, 6.07) is 10.4. The average molecular weight is 537 g/mol. The van der Waals surface area contributed by atoms with Gasteiger partial charge in [0.1, 0.15) is 11.6 Å². The maximum Gasteiger partial charge on any atom is 0.222 e. The molecular weight excluding hydrogens is 514 g/mol. The fraction of sp³-hybridized carbons (Fsp3) is 0.148. The van der Waals surface area contributed by atoms with Gasteiger partial charge in [0.15, 0.2) is 27.2 Å². The maximum atomic E-state index is 14.4. The van der Waals surface area contributed by atoms with E-state index in [1.807, 2.05) is 0 Å². The van der Waals surface area contributed by atoms with E-state index in [9.17, 15) is 22.0 Å². The molecule has 0 spiro atoms. The second-order valence-corrected chi connectivity index (χ2v) is 11.2. The van der Waals surface area contributed by atoms with Crippen LogP contribution in [0.3, 0.4) is 0 Å². The Labute approximate surface area is 217 Å². The fourth-order valence-corrected chi connectivity index (χ4v) is 5.05. The lowest BCUT2D eigenvalue weighted by Gasteiger charge is -2.11. The highest BCUT2D eigenvalue weighted by molar-refractivity contribution is 7.89. The number of fused-ring (bicyclic) bond motifs is 1. The number of hydrogen-bond donors (Lipinski definition) is 1. The Morgan fingerprint density at radius 3 is 2.61 bits per heavy atom. The zero-order valence-corrected chi connectivity index (χ0v) is 21.2. The van der Waals surface area contributed by atoms with Crippen molar-refractivity contribution in [3.05, 3.63) is 99.9 Å². The second-order valence-electron chi connectivity index (χ2n) is 9.09. The van der Waals surface area contributed by atoms with Crippen LogP contribution in [-0.4, -0.2) is 35.2 Å². The monoisotopic (exact) mass is 536 g/mol. The molecule has 0 saturated heterocycles. The number of ketones is 1. The first-order valence-corrected chi connectivity index (χ1v) is 13.5. The average Bonchev–Trinajstić information content (AvgIpc) is 3.43. The third kappa shape index (κ3) is 4.92. The molecule has 1 aliphatic rings. The number of sulfone groups is 1. The number of carbonyl (C=O) groups is 1. The van der Waals surface area contributed by atoms with Gasteiger partial charge >= 0.3 is 0 Å². The number of aryl methyl sites for hydroxylation is 1. The molecular formula is C27H22F2N4O4S. The van der Waals surface area contributed by atoms with Crippen LogP contribution in [0.4, 0.5) is 14.6 Å². The number of pyridine rings is 1. The van der Waals surface area contributed by atoms with Gasteiger partial charge in [-0.25, -0.2) is 26.9 Å². The van der Waals surface area contributed by atoms with Crippen molar-refractivity contribution in [2.45, 2.75) is 19.1 Å². The first-order chi connectivity index (χ1) is 18.0. The molecule has 0 bridgehead atoms. The number of nitrogen functional groups attached to an aromatic ring is 1. The van der Waals surface area contributed by atoms with E-state index in [0.29, 0.717) is 28.0 Å². The van der Waals surface area contributed by atoms with Crippen molar-refractivity contribution < 1.29 is 26.7 Å². The molecule has 4 aromatic rings. The summed E-state index contributed by atoms with van der Waals surface area (Å²) in [4.78, 5) is 17.5. The number of ether oxygens (including phenoxy) is 1. The Bertz CT molecular complexity index is 1750. The van der Waals surface area contributed by atoms with Gasteiger partial charge < -0.3 is 10.5 Å². The number of aromatic nitrogens is 3. The summed E-state index contributed by atoms with van der Waals surface area (Å²) in [5.74, 6) is -1.63. The summed E-state index contributed by atoms with van der Waals surface area (Å²) in [6.07, 6.45) is 5.60. The molecule has 38 heavy (non-hydrogen) atoms. The molecule has 0 saturated carbocycles. The SMILES string of the molecule is Cc1cc(-n2ncc(C(=O)C3=Cc4cc(F)c(CS(C)(=O)=O)cc4C3)c2N)cnc1Oc1ccccc1F. The van der Waals surface area contributed by atoms with E-state index >= 15 is 0 Å². The Kier molecular flexibility index (Phi) is 6.31. The molecule has 0 unspecified atom stereocenters. The largest absolute Gasteiger partial charge is 0.436 e. The molecule has 8 nitrogen and oxygen atoms in total. The van der Waals surface area contributed by atoms with Crippen molar-refractivity contribution in [3.8, 4) is 17.3 Å². The Morgan fingerprint density at radius 1 is 1.13 bits per heavy atom. The van der Waals surface area contributed by atoms with Crippen molar-refractivity contribution in [3.63, 3.8) is 0 Å². The number of nitrogens with two attached hydrogens (primary N) is 1. The van der Waals surface area contributed by atoms with Crippen molar-refractivity contribution in [1.82, 2.24) is 14.8 Å². The summed E-state index contributed by atoms with van der Waals surface area (Å²) in [6.45, 7) is 1.73. The molecule has 1 aliphatic carbocycles. The number of allylic oxidation sites excluding steroid dienone is 1. The van der Waals surface area contributed by atoms with Crippen molar-refractivity contribution in [2.75, 3.05) is 12.0 Å².